The number of carbonyl (C=O) groups is 3. The number of H-pyrrole nitrogens is 1. The number of carbonyl (C=O) groups excluding carboxylic acids is 2. The molecule has 0 bridgehead atoms. The molecule has 2 amide bonds. The number of hydrogen-bond acceptors (Lipinski definition) is 6. The molecular formula is C15H9N5O5. The highest BCUT2D eigenvalue weighted by atomic mass is 16.4. The topological polar surface area (TPSA) is 160 Å². The second kappa shape index (κ2) is 4.77. The molecule has 0 atom stereocenters. The molecule has 124 valence electrons. The first-order valence-corrected chi connectivity index (χ1v) is 7.00. The van der Waals surface area contributed by atoms with Gasteiger partial charge in [0.1, 0.15) is 5.82 Å². The molecule has 0 aliphatic carbocycles. The van der Waals surface area contributed by atoms with E-state index in [4.69, 9.17) is 5.73 Å². The molecule has 0 spiro atoms. The maximum Gasteiger partial charge on any atom is 0.337 e. The highest BCUT2D eigenvalue weighted by molar-refractivity contribution is 6.23. The largest absolute Gasteiger partial charge is 0.478 e. The van der Waals surface area contributed by atoms with E-state index in [0.29, 0.717) is 5.39 Å². The molecule has 0 saturated carbocycles. The molecule has 25 heavy (non-hydrogen) atoms. The monoisotopic (exact) mass is 339 g/mol. The fourth-order valence-electron chi connectivity index (χ4n) is 2.89. The summed E-state index contributed by atoms with van der Waals surface area (Å²) in [4.78, 5) is 47.5. The molecule has 10 nitrogen and oxygen atoms in total. The van der Waals surface area contributed by atoms with Gasteiger partial charge in [-0.3, -0.25) is 29.4 Å². The summed E-state index contributed by atoms with van der Waals surface area (Å²) >= 11 is 0. The molecule has 1 aliphatic rings. The lowest BCUT2D eigenvalue weighted by Crippen LogP contribution is -2.24. The van der Waals surface area contributed by atoms with Crippen molar-refractivity contribution in [2.24, 2.45) is 0 Å². The Morgan fingerprint density at radius 3 is 2.64 bits per heavy atom. The fraction of sp³-hybridized carbons (Fsp3) is 0. The van der Waals surface area contributed by atoms with E-state index in [9.17, 15) is 24.3 Å². The van der Waals surface area contributed by atoms with Crippen LogP contribution in [0, 0.1) is 0 Å². The first kappa shape index (κ1) is 14.6. The van der Waals surface area contributed by atoms with Crippen molar-refractivity contribution in [1.29, 1.82) is 0 Å². The number of aromatic amines is 1. The minimum Gasteiger partial charge on any atom is -0.478 e. The van der Waals surface area contributed by atoms with E-state index in [1.54, 1.807) is 0 Å². The lowest BCUT2D eigenvalue weighted by atomic mass is 10.1. The van der Waals surface area contributed by atoms with E-state index < -0.39 is 23.3 Å². The SMILES string of the molecule is Nc1c2c(cc(=O)n1-c1cc(C(=O)O)c3[nH]ncc3c1)C(=O)NC2=O. The van der Waals surface area contributed by atoms with Crippen molar-refractivity contribution in [2.75, 3.05) is 5.73 Å². The van der Waals surface area contributed by atoms with E-state index in [1.165, 1.54) is 18.3 Å². The van der Waals surface area contributed by atoms with Crippen LogP contribution in [0.15, 0.2) is 29.2 Å². The Balaban J connectivity index is 2.07. The Morgan fingerprint density at radius 2 is 1.92 bits per heavy atom. The van der Waals surface area contributed by atoms with Gasteiger partial charge in [0, 0.05) is 11.5 Å². The number of hydrogen-bond donors (Lipinski definition) is 4. The minimum atomic E-state index is -1.23. The number of carboxylic acids is 1. The average molecular weight is 339 g/mol. The molecule has 1 aliphatic heterocycles. The summed E-state index contributed by atoms with van der Waals surface area (Å²) in [5.74, 6) is -2.89. The predicted octanol–water partition coefficient (Wildman–Crippen LogP) is -0.122. The van der Waals surface area contributed by atoms with Gasteiger partial charge in [0.05, 0.1) is 34.1 Å². The van der Waals surface area contributed by atoms with E-state index in [2.05, 4.69) is 15.5 Å². The number of aromatic nitrogens is 3. The van der Waals surface area contributed by atoms with E-state index in [1.807, 2.05) is 0 Å². The van der Waals surface area contributed by atoms with Gasteiger partial charge in [-0.25, -0.2) is 4.79 Å². The summed E-state index contributed by atoms with van der Waals surface area (Å²) < 4.78 is 0.982. The molecule has 0 radical (unpaired) electrons. The normalized spacial score (nSPS) is 13.1. The molecule has 1 aromatic carbocycles. The number of pyridine rings is 1. The van der Waals surface area contributed by atoms with Crippen LogP contribution in [0.4, 0.5) is 5.82 Å². The number of benzene rings is 1. The first-order valence-electron chi connectivity index (χ1n) is 7.00. The van der Waals surface area contributed by atoms with Gasteiger partial charge in [-0.05, 0) is 12.1 Å². The van der Waals surface area contributed by atoms with Crippen molar-refractivity contribution in [3.05, 3.63) is 51.4 Å². The summed E-state index contributed by atoms with van der Waals surface area (Å²) in [7, 11) is 0. The molecule has 0 saturated heterocycles. The number of rotatable bonds is 2. The fourth-order valence-corrected chi connectivity index (χ4v) is 2.89. The molecule has 0 unspecified atom stereocenters. The molecule has 2 aromatic heterocycles. The van der Waals surface area contributed by atoms with Crippen LogP contribution in [0.5, 0.6) is 0 Å². The second-order valence-electron chi connectivity index (χ2n) is 5.41. The van der Waals surface area contributed by atoms with Gasteiger partial charge in [0.15, 0.2) is 0 Å². The average Bonchev–Trinajstić information content (AvgIpc) is 3.11. The lowest BCUT2D eigenvalue weighted by molar-refractivity contribution is 0.0697. The zero-order valence-electron chi connectivity index (χ0n) is 12.4. The van der Waals surface area contributed by atoms with Gasteiger partial charge in [0.25, 0.3) is 17.4 Å². The predicted molar refractivity (Wildman–Crippen MR) is 84.9 cm³/mol. The van der Waals surface area contributed by atoms with Crippen LogP contribution in [0.25, 0.3) is 16.6 Å². The van der Waals surface area contributed by atoms with Crippen LogP contribution in [0.2, 0.25) is 0 Å². The third kappa shape index (κ3) is 1.94. The second-order valence-corrected chi connectivity index (χ2v) is 5.41. The molecular weight excluding hydrogens is 330 g/mol. The highest BCUT2D eigenvalue weighted by Crippen LogP contribution is 2.26. The van der Waals surface area contributed by atoms with Crippen LogP contribution in [0.1, 0.15) is 31.1 Å². The van der Waals surface area contributed by atoms with Crippen molar-refractivity contribution in [1.82, 2.24) is 20.1 Å². The van der Waals surface area contributed by atoms with Crippen molar-refractivity contribution < 1.29 is 19.5 Å². The van der Waals surface area contributed by atoms with Gasteiger partial charge in [-0.1, -0.05) is 0 Å². The summed E-state index contributed by atoms with van der Waals surface area (Å²) in [5.41, 5.74) is 5.37. The Labute approximate surface area is 137 Å². The maximum absolute atomic E-state index is 12.4. The van der Waals surface area contributed by atoms with Crippen molar-refractivity contribution in [3.8, 4) is 5.69 Å². The Kier molecular flexibility index (Phi) is 2.79. The van der Waals surface area contributed by atoms with Crippen LogP contribution in [-0.4, -0.2) is 37.7 Å². The van der Waals surface area contributed by atoms with Gasteiger partial charge < -0.3 is 10.8 Å². The minimum absolute atomic E-state index is 0.105. The number of imide groups is 1. The van der Waals surface area contributed by atoms with Crippen molar-refractivity contribution in [3.63, 3.8) is 0 Å². The van der Waals surface area contributed by atoms with E-state index in [0.717, 1.165) is 10.6 Å². The molecule has 3 aromatic rings. The third-order valence-electron chi connectivity index (χ3n) is 3.98. The number of nitrogen functional groups attached to an aromatic ring is 1. The lowest BCUT2D eigenvalue weighted by Gasteiger charge is -2.12. The molecule has 0 fully saturated rings. The van der Waals surface area contributed by atoms with Crippen LogP contribution >= 0.6 is 0 Å². The number of nitrogens with two attached hydrogens (primary N) is 1. The Bertz CT molecular complexity index is 1170. The highest BCUT2D eigenvalue weighted by Gasteiger charge is 2.32. The standard InChI is InChI=1S/C15H9N5O5/c16-12-10-7(13(22)18-14(10)23)3-9(21)20(12)6-1-5-4-17-19-11(5)8(2-6)15(24)25/h1-4H,16H2,(H,17,19)(H,24,25)(H,18,22,23). The Hall–Kier alpha value is -3.95. The third-order valence-corrected chi connectivity index (χ3v) is 3.98. The zero-order valence-corrected chi connectivity index (χ0v) is 12.4. The molecule has 4 rings (SSSR count). The van der Waals surface area contributed by atoms with E-state index in [-0.39, 0.29) is 33.7 Å². The first-order chi connectivity index (χ1) is 11.9. The number of carboxylic acid groups (broad SMARTS) is 1. The molecule has 10 heteroatoms. The van der Waals surface area contributed by atoms with Gasteiger partial charge >= 0.3 is 5.97 Å². The van der Waals surface area contributed by atoms with Gasteiger partial charge in [0.2, 0.25) is 0 Å². The van der Waals surface area contributed by atoms with Gasteiger partial charge in [-0.15, -0.1) is 0 Å². The maximum atomic E-state index is 12.4. The van der Waals surface area contributed by atoms with Crippen LogP contribution in [-0.2, 0) is 0 Å². The summed E-state index contributed by atoms with van der Waals surface area (Å²) in [6.45, 7) is 0. The number of nitrogens with zero attached hydrogens (tertiary/aromatic N) is 2. The number of anilines is 1. The summed E-state index contributed by atoms with van der Waals surface area (Å²) in [6.07, 6.45) is 1.40. The van der Waals surface area contributed by atoms with Crippen molar-refractivity contribution in [2.45, 2.75) is 0 Å². The number of nitrogens with one attached hydrogen (secondary N) is 2. The van der Waals surface area contributed by atoms with Crippen LogP contribution < -0.4 is 16.6 Å². The molecule has 5 N–H and O–H groups in total. The molecule has 3 heterocycles. The quantitative estimate of drug-likeness (QED) is 0.473. The van der Waals surface area contributed by atoms with Crippen molar-refractivity contribution >= 4 is 34.5 Å². The Morgan fingerprint density at radius 1 is 1.16 bits per heavy atom. The smallest absolute Gasteiger partial charge is 0.337 e. The zero-order chi connectivity index (χ0) is 17.9. The summed E-state index contributed by atoms with van der Waals surface area (Å²) in [6, 6.07) is 3.73. The number of amides is 2. The number of aromatic carboxylic acids is 1. The van der Waals surface area contributed by atoms with Crippen LogP contribution in [0.3, 0.4) is 0 Å². The number of fused-ring (bicyclic) bond motifs is 2. The van der Waals surface area contributed by atoms with Gasteiger partial charge in [-0.2, -0.15) is 5.10 Å². The van der Waals surface area contributed by atoms with E-state index >= 15 is 0 Å². The summed E-state index contributed by atoms with van der Waals surface area (Å²) in [5, 5.41) is 18.2.